The van der Waals surface area contributed by atoms with Crippen LogP contribution in [0, 0.1) is 12.7 Å². The van der Waals surface area contributed by atoms with Crippen molar-refractivity contribution in [2.24, 2.45) is 5.73 Å². The van der Waals surface area contributed by atoms with E-state index in [1.165, 1.54) is 19.1 Å². The quantitative estimate of drug-likeness (QED) is 0.586. The summed E-state index contributed by atoms with van der Waals surface area (Å²) in [5.41, 5.74) is 8.13. The van der Waals surface area contributed by atoms with E-state index in [0.29, 0.717) is 24.6 Å². The maximum Gasteiger partial charge on any atom is 0.245 e. The molecule has 1 aliphatic rings. The SMILES string of the molecule is Cc1ccc(Nc2c(-c3ccc(F)cc3)nc3n2CCN(C(=O)[C@](C)(N)CO)C3)cc1. The Morgan fingerprint density at radius 1 is 1.19 bits per heavy atom. The van der Waals surface area contributed by atoms with Gasteiger partial charge in [-0.15, -0.1) is 0 Å². The third-order valence-corrected chi connectivity index (χ3v) is 5.51. The second kappa shape index (κ2) is 8.13. The summed E-state index contributed by atoms with van der Waals surface area (Å²) in [5.74, 6) is 0.849. The smallest absolute Gasteiger partial charge is 0.245 e. The van der Waals surface area contributed by atoms with Crippen molar-refractivity contribution in [2.45, 2.75) is 32.5 Å². The number of carbonyl (C=O) groups is 1. The number of nitrogens with zero attached hydrogens (tertiary/aromatic N) is 3. The third kappa shape index (κ3) is 4.17. The van der Waals surface area contributed by atoms with Gasteiger partial charge >= 0.3 is 0 Å². The predicted octanol–water partition coefficient (Wildman–Crippen LogP) is 2.79. The summed E-state index contributed by atoms with van der Waals surface area (Å²) in [5, 5.41) is 12.9. The van der Waals surface area contributed by atoms with E-state index in [-0.39, 0.29) is 18.3 Å². The van der Waals surface area contributed by atoms with Gasteiger partial charge in [-0.2, -0.15) is 0 Å². The fraction of sp³-hybridized carbons (Fsp3) is 0.304. The number of hydrogen-bond acceptors (Lipinski definition) is 5. The Labute approximate surface area is 180 Å². The normalized spacial score (nSPS) is 15.3. The molecule has 1 atom stereocenters. The Hall–Kier alpha value is -3.23. The molecule has 162 valence electrons. The first kappa shape index (κ1) is 21.0. The maximum absolute atomic E-state index is 13.5. The molecule has 1 amide bonds. The summed E-state index contributed by atoms with van der Waals surface area (Å²) < 4.78 is 15.5. The predicted molar refractivity (Wildman–Crippen MR) is 117 cm³/mol. The van der Waals surface area contributed by atoms with Crippen molar-refractivity contribution >= 4 is 17.4 Å². The average molecular weight is 423 g/mol. The summed E-state index contributed by atoms with van der Waals surface area (Å²) in [4.78, 5) is 19.1. The molecule has 0 spiro atoms. The van der Waals surface area contributed by atoms with Crippen LogP contribution in [0.15, 0.2) is 48.5 Å². The average Bonchev–Trinajstić information content (AvgIpc) is 3.12. The number of aliphatic hydroxyl groups is 1. The largest absolute Gasteiger partial charge is 0.394 e. The fourth-order valence-electron chi connectivity index (χ4n) is 3.64. The monoisotopic (exact) mass is 423 g/mol. The van der Waals surface area contributed by atoms with E-state index in [9.17, 15) is 14.3 Å². The topological polar surface area (TPSA) is 96.4 Å². The molecule has 31 heavy (non-hydrogen) atoms. The van der Waals surface area contributed by atoms with Gasteiger partial charge in [0.15, 0.2) is 0 Å². The zero-order valence-corrected chi connectivity index (χ0v) is 17.6. The number of imidazole rings is 1. The van der Waals surface area contributed by atoms with E-state index in [0.717, 1.165) is 22.6 Å². The molecule has 1 aliphatic heterocycles. The van der Waals surface area contributed by atoms with Crippen LogP contribution in [0.1, 0.15) is 18.3 Å². The minimum Gasteiger partial charge on any atom is -0.394 e. The van der Waals surface area contributed by atoms with Gasteiger partial charge in [0.25, 0.3) is 0 Å². The van der Waals surface area contributed by atoms with Gasteiger partial charge in [0.1, 0.15) is 28.7 Å². The lowest BCUT2D eigenvalue weighted by Crippen LogP contribution is -2.57. The van der Waals surface area contributed by atoms with Crippen molar-refractivity contribution in [3.05, 3.63) is 65.7 Å². The van der Waals surface area contributed by atoms with Crippen LogP contribution < -0.4 is 11.1 Å². The number of amides is 1. The van der Waals surface area contributed by atoms with Gasteiger partial charge in [-0.3, -0.25) is 4.79 Å². The first-order valence-corrected chi connectivity index (χ1v) is 10.2. The molecule has 7 nitrogen and oxygen atoms in total. The molecule has 0 aliphatic carbocycles. The lowest BCUT2D eigenvalue weighted by molar-refractivity contribution is -0.139. The molecule has 4 rings (SSSR count). The number of hydrogen-bond donors (Lipinski definition) is 3. The van der Waals surface area contributed by atoms with E-state index < -0.39 is 12.1 Å². The maximum atomic E-state index is 13.5. The van der Waals surface area contributed by atoms with E-state index >= 15 is 0 Å². The van der Waals surface area contributed by atoms with Gasteiger partial charge < -0.3 is 25.6 Å². The molecule has 0 radical (unpaired) electrons. The molecule has 1 aromatic heterocycles. The number of nitrogens with two attached hydrogens (primary N) is 1. The Morgan fingerprint density at radius 2 is 1.87 bits per heavy atom. The molecule has 3 aromatic rings. The molecule has 4 N–H and O–H groups in total. The first-order valence-electron chi connectivity index (χ1n) is 10.2. The van der Waals surface area contributed by atoms with Crippen molar-refractivity contribution in [3.8, 4) is 11.3 Å². The highest BCUT2D eigenvalue weighted by Gasteiger charge is 2.35. The lowest BCUT2D eigenvalue weighted by Gasteiger charge is -2.33. The van der Waals surface area contributed by atoms with Crippen LogP contribution in [-0.4, -0.2) is 44.2 Å². The number of benzene rings is 2. The number of aromatic nitrogens is 2. The summed E-state index contributed by atoms with van der Waals surface area (Å²) in [7, 11) is 0. The summed E-state index contributed by atoms with van der Waals surface area (Å²) in [6.45, 7) is 4.35. The molecule has 0 fully saturated rings. The molecular weight excluding hydrogens is 397 g/mol. The zero-order chi connectivity index (χ0) is 22.2. The summed E-state index contributed by atoms with van der Waals surface area (Å²) in [6, 6.07) is 14.2. The van der Waals surface area contributed by atoms with Crippen LogP contribution in [0.4, 0.5) is 15.9 Å². The van der Waals surface area contributed by atoms with Crippen molar-refractivity contribution in [2.75, 3.05) is 18.5 Å². The van der Waals surface area contributed by atoms with Gasteiger partial charge in [-0.05, 0) is 50.2 Å². The van der Waals surface area contributed by atoms with Crippen LogP contribution in [0.5, 0.6) is 0 Å². The molecule has 2 aromatic carbocycles. The van der Waals surface area contributed by atoms with Crippen molar-refractivity contribution in [1.29, 1.82) is 0 Å². The molecule has 0 unspecified atom stereocenters. The number of halogens is 1. The molecule has 0 saturated carbocycles. The highest BCUT2D eigenvalue weighted by Crippen LogP contribution is 2.33. The number of aryl methyl sites for hydroxylation is 1. The van der Waals surface area contributed by atoms with Crippen LogP contribution in [0.2, 0.25) is 0 Å². The minimum absolute atomic E-state index is 0.273. The Balaban J connectivity index is 1.73. The lowest BCUT2D eigenvalue weighted by atomic mass is 10.0. The Kier molecular flexibility index (Phi) is 5.51. The highest BCUT2D eigenvalue weighted by molar-refractivity contribution is 5.86. The first-order chi connectivity index (χ1) is 14.8. The van der Waals surface area contributed by atoms with Gasteiger partial charge in [0.2, 0.25) is 5.91 Å². The zero-order valence-electron chi connectivity index (χ0n) is 17.6. The van der Waals surface area contributed by atoms with Crippen molar-refractivity contribution in [1.82, 2.24) is 14.5 Å². The second-order valence-corrected chi connectivity index (χ2v) is 8.18. The number of anilines is 2. The van der Waals surface area contributed by atoms with Gasteiger partial charge in [-0.25, -0.2) is 9.37 Å². The number of fused-ring (bicyclic) bond motifs is 1. The molecule has 0 saturated heterocycles. The molecular formula is C23H26FN5O2. The van der Waals surface area contributed by atoms with E-state index in [2.05, 4.69) is 5.32 Å². The van der Waals surface area contributed by atoms with E-state index in [4.69, 9.17) is 10.7 Å². The van der Waals surface area contributed by atoms with Gasteiger partial charge in [0, 0.05) is 24.3 Å². The van der Waals surface area contributed by atoms with Crippen LogP contribution >= 0.6 is 0 Å². The standard InChI is InChI=1S/C23H26FN5O2/c1-15-3-9-18(10-4-15)26-21-20(16-5-7-17(24)8-6-16)27-19-13-28(11-12-29(19)21)22(31)23(2,25)14-30/h3-10,26,30H,11-14,25H2,1-2H3/t23-/m1/s1. The Bertz CT molecular complexity index is 1090. The minimum atomic E-state index is -1.34. The van der Waals surface area contributed by atoms with Crippen LogP contribution in [-0.2, 0) is 17.9 Å². The summed E-state index contributed by atoms with van der Waals surface area (Å²) in [6.07, 6.45) is 0. The van der Waals surface area contributed by atoms with E-state index in [1.54, 1.807) is 17.0 Å². The second-order valence-electron chi connectivity index (χ2n) is 8.18. The third-order valence-electron chi connectivity index (χ3n) is 5.51. The number of nitrogens with one attached hydrogen (secondary N) is 1. The van der Waals surface area contributed by atoms with Crippen molar-refractivity contribution in [3.63, 3.8) is 0 Å². The van der Waals surface area contributed by atoms with Crippen LogP contribution in [0.25, 0.3) is 11.3 Å². The van der Waals surface area contributed by atoms with Gasteiger partial charge in [0.05, 0.1) is 13.2 Å². The molecule has 2 heterocycles. The highest BCUT2D eigenvalue weighted by atomic mass is 19.1. The fourth-order valence-corrected chi connectivity index (χ4v) is 3.64. The number of aliphatic hydroxyl groups excluding tert-OH is 1. The number of rotatable bonds is 5. The number of carbonyl (C=O) groups excluding carboxylic acids is 1. The molecule has 8 heteroatoms. The van der Waals surface area contributed by atoms with Gasteiger partial charge in [-0.1, -0.05) is 17.7 Å². The summed E-state index contributed by atoms with van der Waals surface area (Å²) >= 11 is 0. The molecule has 0 bridgehead atoms. The van der Waals surface area contributed by atoms with Crippen molar-refractivity contribution < 1.29 is 14.3 Å². The Morgan fingerprint density at radius 3 is 2.52 bits per heavy atom. The van der Waals surface area contributed by atoms with Crippen LogP contribution in [0.3, 0.4) is 0 Å². The van der Waals surface area contributed by atoms with E-state index in [1.807, 2.05) is 35.8 Å².